The summed E-state index contributed by atoms with van der Waals surface area (Å²) < 4.78 is 5.15. The summed E-state index contributed by atoms with van der Waals surface area (Å²) in [4.78, 5) is 22.2. The van der Waals surface area contributed by atoms with Crippen molar-refractivity contribution in [3.63, 3.8) is 0 Å². The normalized spacial score (nSPS) is 21.8. The molecule has 1 unspecified atom stereocenters. The molecule has 0 saturated carbocycles. The lowest BCUT2D eigenvalue weighted by Crippen LogP contribution is -2.46. The zero-order valence-electron chi connectivity index (χ0n) is 9.42. The molecular formula is C10H18N2O3. The minimum Gasteiger partial charge on any atom is -0.444 e. The molecule has 1 rings (SSSR count). The van der Waals surface area contributed by atoms with Crippen molar-refractivity contribution in [2.45, 2.75) is 45.3 Å². The molecule has 1 atom stereocenters. The highest BCUT2D eigenvalue weighted by atomic mass is 16.6. The maximum Gasteiger partial charge on any atom is 0.407 e. The molecule has 0 radical (unpaired) electrons. The number of carbonyl (C=O) groups excluding carboxylic acids is 2. The van der Waals surface area contributed by atoms with Crippen molar-refractivity contribution in [1.29, 1.82) is 0 Å². The van der Waals surface area contributed by atoms with Crippen molar-refractivity contribution in [1.82, 2.24) is 10.6 Å². The molecule has 1 aliphatic rings. The number of carbonyl (C=O) groups is 2. The first-order valence-corrected chi connectivity index (χ1v) is 5.12. The predicted molar refractivity (Wildman–Crippen MR) is 55.4 cm³/mol. The molecule has 86 valence electrons. The molecule has 2 amide bonds. The first-order valence-electron chi connectivity index (χ1n) is 5.12. The summed E-state index contributed by atoms with van der Waals surface area (Å²) in [6, 6.07) is 0. The van der Waals surface area contributed by atoms with Crippen LogP contribution in [0.25, 0.3) is 0 Å². The van der Waals surface area contributed by atoms with Crippen molar-refractivity contribution in [2.75, 3.05) is 6.54 Å². The Morgan fingerprint density at radius 1 is 1.53 bits per heavy atom. The molecule has 5 nitrogen and oxygen atoms in total. The van der Waals surface area contributed by atoms with Crippen molar-refractivity contribution >= 4 is 12.0 Å². The van der Waals surface area contributed by atoms with E-state index < -0.39 is 6.09 Å². The number of ether oxygens (including phenoxy) is 1. The number of rotatable bonds is 1. The Hall–Kier alpha value is -1.26. The Labute approximate surface area is 89.6 Å². The number of alkyl carbamates (subject to hydrolysis) is 1. The second kappa shape index (κ2) is 4.51. The first-order chi connectivity index (χ1) is 6.87. The molecule has 0 bridgehead atoms. The highest BCUT2D eigenvalue weighted by molar-refractivity contribution is 5.77. The second-order valence-electron chi connectivity index (χ2n) is 4.75. The first kappa shape index (κ1) is 11.8. The third kappa shape index (κ3) is 4.67. The van der Waals surface area contributed by atoms with Crippen LogP contribution in [0, 0.1) is 0 Å². The lowest BCUT2D eigenvalue weighted by Gasteiger charge is -2.25. The number of hydrogen-bond donors (Lipinski definition) is 2. The molecule has 0 aromatic rings. The van der Waals surface area contributed by atoms with E-state index in [1.54, 1.807) is 0 Å². The van der Waals surface area contributed by atoms with Crippen LogP contribution in [0.4, 0.5) is 4.79 Å². The Kier molecular flexibility index (Phi) is 3.55. The fraction of sp³-hybridized carbons (Fsp3) is 0.800. The molecule has 1 heterocycles. The zero-order valence-corrected chi connectivity index (χ0v) is 9.42. The molecule has 5 heteroatoms. The number of nitrogens with one attached hydrogen (secondary N) is 2. The Balaban J connectivity index is 2.29. The van der Waals surface area contributed by atoms with Crippen LogP contribution in [0.5, 0.6) is 0 Å². The van der Waals surface area contributed by atoms with Gasteiger partial charge in [0.15, 0.2) is 0 Å². The maximum absolute atomic E-state index is 11.4. The van der Waals surface area contributed by atoms with E-state index in [-0.39, 0.29) is 17.6 Å². The van der Waals surface area contributed by atoms with Gasteiger partial charge in [-0.2, -0.15) is 0 Å². The highest BCUT2D eigenvalue weighted by Gasteiger charge is 2.23. The monoisotopic (exact) mass is 214 g/mol. The fourth-order valence-electron chi connectivity index (χ4n) is 1.30. The van der Waals surface area contributed by atoms with Gasteiger partial charge in [-0.15, -0.1) is 0 Å². The highest BCUT2D eigenvalue weighted by Crippen LogP contribution is 2.08. The Morgan fingerprint density at radius 3 is 2.67 bits per heavy atom. The molecule has 0 aromatic heterocycles. The quantitative estimate of drug-likeness (QED) is 0.678. The fourth-order valence-corrected chi connectivity index (χ4v) is 1.30. The van der Waals surface area contributed by atoms with Gasteiger partial charge in [-0.3, -0.25) is 4.79 Å². The third-order valence-electron chi connectivity index (χ3n) is 1.97. The Bertz CT molecular complexity index is 248. The molecule has 0 spiro atoms. The van der Waals surface area contributed by atoms with E-state index in [1.807, 2.05) is 20.8 Å². The minimum atomic E-state index is -0.427. The van der Waals surface area contributed by atoms with Gasteiger partial charge in [-0.25, -0.2) is 4.79 Å². The number of piperidine rings is 1. The summed E-state index contributed by atoms with van der Waals surface area (Å²) in [7, 11) is 0. The van der Waals surface area contributed by atoms with Gasteiger partial charge in [0.25, 0.3) is 0 Å². The summed E-state index contributed by atoms with van der Waals surface area (Å²) in [6.07, 6.45) is 0.394. The predicted octanol–water partition coefficient (Wildman–Crippen LogP) is 0.790. The summed E-state index contributed by atoms with van der Waals surface area (Å²) in [6.45, 7) is 6.07. The van der Waals surface area contributed by atoms with Crippen LogP contribution >= 0.6 is 0 Å². The molecule has 1 saturated heterocycles. The average molecular weight is 214 g/mol. The van der Waals surface area contributed by atoms with E-state index in [1.165, 1.54) is 0 Å². The third-order valence-corrected chi connectivity index (χ3v) is 1.97. The van der Waals surface area contributed by atoms with Crippen LogP contribution in [0.2, 0.25) is 0 Å². The van der Waals surface area contributed by atoms with Gasteiger partial charge in [0.2, 0.25) is 5.91 Å². The lowest BCUT2D eigenvalue weighted by atomic mass is 10.1. The average Bonchev–Trinajstić information content (AvgIpc) is 2.05. The van der Waals surface area contributed by atoms with Crippen LogP contribution in [-0.2, 0) is 9.53 Å². The maximum atomic E-state index is 11.4. The van der Waals surface area contributed by atoms with E-state index in [2.05, 4.69) is 10.6 Å². The molecule has 2 N–H and O–H groups in total. The van der Waals surface area contributed by atoms with Crippen LogP contribution in [-0.4, -0.2) is 30.2 Å². The lowest BCUT2D eigenvalue weighted by molar-refractivity contribution is -0.124. The van der Waals surface area contributed by atoms with Crippen LogP contribution in [0.3, 0.4) is 0 Å². The molecular weight excluding hydrogens is 196 g/mol. The van der Waals surface area contributed by atoms with Crippen LogP contribution < -0.4 is 10.6 Å². The van der Waals surface area contributed by atoms with Gasteiger partial charge in [0.1, 0.15) is 6.10 Å². The number of amides is 2. The molecule has 15 heavy (non-hydrogen) atoms. The van der Waals surface area contributed by atoms with Crippen LogP contribution in [0.1, 0.15) is 33.6 Å². The SMILES string of the molecule is CC(C)(C)NC(=O)OC1CCC(=O)NC1. The van der Waals surface area contributed by atoms with Crippen molar-refractivity contribution < 1.29 is 14.3 Å². The second-order valence-corrected chi connectivity index (χ2v) is 4.75. The van der Waals surface area contributed by atoms with Crippen molar-refractivity contribution in [3.8, 4) is 0 Å². The smallest absolute Gasteiger partial charge is 0.407 e. The summed E-state index contributed by atoms with van der Waals surface area (Å²) in [5.74, 6) is 0.0195. The van der Waals surface area contributed by atoms with E-state index in [9.17, 15) is 9.59 Å². The molecule has 0 aliphatic carbocycles. The van der Waals surface area contributed by atoms with Gasteiger partial charge >= 0.3 is 6.09 Å². The Morgan fingerprint density at radius 2 is 2.20 bits per heavy atom. The van der Waals surface area contributed by atoms with Crippen molar-refractivity contribution in [2.24, 2.45) is 0 Å². The van der Waals surface area contributed by atoms with E-state index >= 15 is 0 Å². The number of hydrogen-bond acceptors (Lipinski definition) is 3. The van der Waals surface area contributed by atoms with Gasteiger partial charge in [0, 0.05) is 12.0 Å². The van der Waals surface area contributed by atoms with Gasteiger partial charge in [-0.05, 0) is 27.2 Å². The van der Waals surface area contributed by atoms with Crippen molar-refractivity contribution in [3.05, 3.63) is 0 Å². The zero-order chi connectivity index (χ0) is 11.5. The largest absolute Gasteiger partial charge is 0.444 e. The van der Waals surface area contributed by atoms with E-state index in [4.69, 9.17) is 4.74 Å². The standard InChI is InChI=1S/C10H18N2O3/c1-10(2,3)12-9(14)15-7-4-5-8(13)11-6-7/h7H,4-6H2,1-3H3,(H,11,13)(H,12,14). The molecule has 1 fully saturated rings. The molecule has 1 aliphatic heterocycles. The summed E-state index contributed by atoms with van der Waals surface area (Å²) in [5, 5.41) is 5.36. The van der Waals surface area contributed by atoms with Gasteiger partial charge < -0.3 is 15.4 Å². The topological polar surface area (TPSA) is 67.4 Å². The summed E-state index contributed by atoms with van der Waals surface area (Å²) in [5.41, 5.74) is -0.297. The van der Waals surface area contributed by atoms with Gasteiger partial charge in [-0.1, -0.05) is 0 Å². The van der Waals surface area contributed by atoms with Gasteiger partial charge in [0.05, 0.1) is 6.54 Å². The minimum absolute atomic E-state index is 0.0195. The summed E-state index contributed by atoms with van der Waals surface area (Å²) >= 11 is 0. The molecule has 0 aromatic carbocycles. The van der Waals surface area contributed by atoms with Crippen LogP contribution in [0.15, 0.2) is 0 Å². The van der Waals surface area contributed by atoms with E-state index in [0.717, 1.165) is 0 Å². The van der Waals surface area contributed by atoms with E-state index in [0.29, 0.717) is 19.4 Å².